The maximum Gasteiger partial charge on any atom is 0.0377 e. The van der Waals surface area contributed by atoms with Crippen molar-refractivity contribution in [1.29, 1.82) is 0 Å². The lowest BCUT2D eigenvalue weighted by atomic mass is 10.1. The molecule has 0 saturated carbocycles. The van der Waals surface area contributed by atoms with E-state index in [1.165, 1.54) is 21.3 Å². The number of thiophene rings is 2. The van der Waals surface area contributed by atoms with Crippen LogP contribution in [0, 0.1) is 0 Å². The first-order valence-corrected chi connectivity index (χ1v) is 8.39. The van der Waals surface area contributed by atoms with E-state index < -0.39 is 0 Å². The van der Waals surface area contributed by atoms with Gasteiger partial charge in [-0.2, -0.15) is 11.3 Å². The summed E-state index contributed by atoms with van der Waals surface area (Å²) in [5, 5.41) is 10.2. The monoisotopic (exact) mass is 329 g/mol. The second kappa shape index (κ2) is 6.69. The third-order valence-corrected chi connectivity index (χ3v) is 5.03. The maximum absolute atomic E-state index is 3.63. The standard InChI is InChI=1S/C13H16BrNS2/c1-2-4-15-13(10-3-5-16-8-10)7-12-6-11(14)9-17-12/h3,5-6,8-9,13,15H,2,4,7H2,1H3. The predicted molar refractivity (Wildman–Crippen MR) is 81.1 cm³/mol. The molecule has 1 N–H and O–H groups in total. The Morgan fingerprint density at radius 3 is 2.88 bits per heavy atom. The first-order chi connectivity index (χ1) is 8.29. The predicted octanol–water partition coefficient (Wildman–Crippen LogP) is 4.86. The first kappa shape index (κ1) is 13.3. The molecule has 0 fully saturated rings. The molecule has 0 radical (unpaired) electrons. The van der Waals surface area contributed by atoms with E-state index in [4.69, 9.17) is 0 Å². The minimum atomic E-state index is 0.451. The van der Waals surface area contributed by atoms with Crippen LogP contribution >= 0.6 is 38.6 Å². The molecule has 1 unspecified atom stereocenters. The SMILES string of the molecule is CCCNC(Cc1cc(Br)cs1)c1ccsc1. The molecule has 1 atom stereocenters. The largest absolute Gasteiger partial charge is 0.310 e. The van der Waals surface area contributed by atoms with Crippen molar-refractivity contribution in [2.75, 3.05) is 6.54 Å². The van der Waals surface area contributed by atoms with Gasteiger partial charge in [-0.1, -0.05) is 6.92 Å². The fourth-order valence-electron chi connectivity index (χ4n) is 1.76. The summed E-state index contributed by atoms with van der Waals surface area (Å²) in [6.07, 6.45) is 2.25. The Kier molecular flexibility index (Phi) is 5.22. The summed E-state index contributed by atoms with van der Waals surface area (Å²) in [6, 6.07) is 4.89. The Balaban J connectivity index is 2.05. The molecule has 2 rings (SSSR count). The molecule has 0 aromatic carbocycles. The topological polar surface area (TPSA) is 12.0 Å². The van der Waals surface area contributed by atoms with Crippen molar-refractivity contribution in [3.8, 4) is 0 Å². The molecule has 92 valence electrons. The summed E-state index contributed by atoms with van der Waals surface area (Å²) in [5.74, 6) is 0. The van der Waals surface area contributed by atoms with Gasteiger partial charge in [0.1, 0.15) is 0 Å². The summed E-state index contributed by atoms with van der Waals surface area (Å²) in [4.78, 5) is 1.43. The van der Waals surface area contributed by atoms with E-state index in [-0.39, 0.29) is 0 Å². The molecule has 0 saturated heterocycles. The van der Waals surface area contributed by atoms with Crippen LogP contribution in [0.15, 0.2) is 32.7 Å². The fraction of sp³-hybridized carbons (Fsp3) is 0.385. The first-order valence-electron chi connectivity index (χ1n) is 5.78. The highest BCUT2D eigenvalue weighted by Gasteiger charge is 2.12. The number of hydrogen-bond acceptors (Lipinski definition) is 3. The molecule has 17 heavy (non-hydrogen) atoms. The van der Waals surface area contributed by atoms with Crippen LogP contribution in [0.2, 0.25) is 0 Å². The van der Waals surface area contributed by atoms with E-state index in [1.54, 1.807) is 11.3 Å². The zero-order chi connectivity index (χ0) is 12.1. The van der Waals surface area contributed by atoms with Gasteiger partial charge in [0.15, 0.2) is 0 Å². The molecular weight excluding hydrogens is 314 g/mol. The van der Waals surface area contributed by atoms with E-state index in [0.29, 0.717) is 6.04 Å². The van der Waals surface area contributed by atoms with Gasteiger partial charge in [-0.25, -0.2) is 0 Å². The highest BCUT2D eigenvalue weighted by Crippen LogP contribution is 2.26. The Labute approximate surface area is 119 Å². The van der Waals surface area contributed by atoms with Crippen LogP contribution in [0.4, 0.5) is 0 Å². The van der Waals surface area contributed by atoms with Gasteiger partial charge in [0.05, 0.1) is 0 Å². The Hall–Kier alpha value is -0.160. The smallest absolute Gasteiger partial charge is 0.0377 e. The van der Waals surface area contributed by atoms with Crippen molar-refractivity contribution < 1.29 is 0 Å². The molecule has 0 aliphatic heterocycles. The molecule has 0 spiro atoms. The van der Waals surface area contributed by atoms with Crippen LogP contribution in [-0.2, 0) is 6.42 Å². The van der Waals surface area contributed by atoms with Gasteiger partial charge >= 0.3 is 0 Å². The molecule has 0 amide bonds. The van der Waals surface area contributed by atoms with Crippen molar-refractivity contribution in [2.24, 2.45) is 0 Å². The minimum absolute atomic E-state index is 0.451. The zero-order valence-electron chi connectivity index (χ0n) is 9.78. The minimum Gasteiger partial charge on any atom is -0.310 e. The lowest BCUT2D eigenvalue weighted by Crippen LogP contribution is -2.23. The van der Waals surface area contributed by atoms with Gasteiger partial charge in [-0.05, 0) is 57.4 Å². The Morgan fingerprint density at radius 2 is 2.29 bits per heavy atom. The Bertz CT molecular complexity index is 436. The molecule has 4 heteroatoms. The third-order valence-electron chi connectivity index (χ3n) is 2.61. The average molecular weight is 330 g/mol. The van der Waals surface area contributed by atoms with Gasteiger partial charge in [0.2, 0.25) is 0 Å². The highest BCUT2D eigenvalue weighted by molar-refractivity contribution is 9.10. The molecule has 2 aromatic rings. The average Bonchev–Trinajstić information content (AvgIpc) is 2.95. The van der Waals surface area contributed by atoms with Gasteiger partial charge in [0.25, 0.3) is 0 Å². The van der Waals surface area contributed by atoms with Crippen LogP contribution in [0.3, 0.4) is 0 Å². The number of nitrogens with one attached hydrogen (secondary N) is 1. The summed E-state index contributed by atoms with van der Waals surface area (Å²) in [6.45, 7) is 3.28. The van der Waals surface area contributed by atoms with E-state index in [9.17, 15) is 0 Å². The molecule has 2 heterocycles. The fourth-order valence-corrected chi connectivity index (χ4v) is 3.97. The lowest BCUT2D eigenvalue weighted by molar-refractivity contribution is 0.533. The second-order valence-corrected chi connectivity index (χ2v) is 6.69. The highest BCUT2D eigenvalue weighted by atomic mass is 79.9. The van der Waals surface area contributed by atoms with Crippen LogP contribution in [0.25, 0.3) is 0 Å². The molecule has 0 aliphatic rings. The van der Waals surface area contributed by atoms with Crippen molar-refractivity contribution in [1.82, 2.24) is 5.32 Å². The van der Waals surface area contributed by atoms with Crippen LogP contribution in [0.1, 0.15) is 29.8 Å². The summed E-state index contributed by atoms with van der Waals surface area (Å²) in [5.41, 5.74) is 1.41. The molecule has 1 nitrogen and oxygen atoms in total. The van der Waals surface area contributed by atoms with Crippen molar-refractivity contribution in [2.45, 2.75) is 25.8 Å². The van der Waals surface area contributed by atoms with E-state index in [1.807, 2.05) is 11.3 Å². The lowest BCUT2D eigenvalue weighted by Gasteiger charge is -2.16. The third kappa shape index (κ3) is 3.91. The number of rotatable bonds is 6. The molecular formula is C13H16BrNS2. The van der Waals surface area contributed by atoms with Gasteiger partial charge in [-0.15, -0.1) is 11.3 Å². The van der Waals surface area contributed by atoms with Crippen molar-refractivity contribution in [3.63, 3.8) is 0 Å². The quantitative estimate of drug-likeness (QED) is 0.798. The summed E-state index contributed by atoms with van der Waals surface area (Å²) in [7, 11) is 0. The van der Waals surface area contributed by atoms with Gasteiger partial charge in [-0.3, -0.25) is 0 Å². The summed E-state index contributed by atoms with van der Waals surface area (Å²) < 4.78 is 1.19. The molecule has 0 aliphatic carbocycles. The normalized spacial score (nSPS) is 12.8. The van der Waals surface area contributed by atoms with Gasteiger partial charge in [0, 0.05) is 27.2 Å². The molecule has 0 bridgehead atoms. The number of hydrogen-bond donors (Lipinski definition) is 1. The zero-order valence-corrected chi connectivity index (χ0v) is 13.0. The van der Waals surface area contributed by atoms with E-state index >= 15 is 0 Å². The summed E-state index contributed by atoms with van der Waals surface area (Å²) >= 11 is 7.11. The second-order valence-electron chi connectivity index (χ2n) is 4.00. The molecule has 2 aromatic heterocycles. The van der Waals surface area contributed by atoms with Crippen molar-refractivity contribution >= 4 is 38.6 Å². The van der Waals surface area contributed by atoms with Crippen LogP contribution in [-0.4, -0.2) is 6.54 Å². The number of halogens is 1. The van der Waals surface area contributed by atoms with Crippen molar-refractivity contribution in [3.05, 3.63) is 43.2 Å². The van der Waals surface area contributed by atoms with Gasteiger partial charge < -0.3 is 5.32 Å². The van der Waals surface area contributed by atoms with Crippen LogP contribution in [0.5, 0.6) is 0 Å². The maximum atomic E-state index is 3.63. The van der Waals surface area contributed by atoms with E-state index in [2.05, 4.69) is 56.4 Å². The Morgan fingerprint density at radius 1 is 1.41 bits per heavy atom. The van der Waals surface area contributed by atoms with E-state index in [0.717, 1.165) is 13.0 Å². The van der Waals surface area contributed by atoms with Crippen LogP contribution < -0.4 is 5.32 Å².